The number of rotatable bonds is 5. The summed E-state index contributed by atoms with van der Waals surface area (Å²) in [5, 5.41) is 0. The number of carbonyl (C=O) groups is 2. The van der Waals surface area contributed by atoms with Crippen LogP contribution in [0.5, 0.6) is 0 Å². The molecule has 3 nitrogen and oxygen atoms in total. The molecule has 0 fully saturated rings. The summed E-state index contributed by atoms with van der Waals surface area (Å²) in [4.78, 5) is 27.2. The number of imide groups is 1. The number of amides is 2. The minimum atomic E-state index is -0.373. The number of nitrogens with zero attached hydrogens (tertiary/aromatic N) is 1. The third kappa shape index (κ3) is 3.12. The van der Waals surface area contributed by atoms with Crippen molar-refractivity contribution >= 4 is 29.1 Å². The average molecular weight is 341 g/mol. The molecule has 0 aliphatic carbocycles. The maximum absolute atomic E-state index is 13.2. The van der Waals surface area contributed by atoms with E-state index in [4.69, 9.17) is 0 Å². The molecule has 0 atom stereocenters. The van der Waals surface area contributed by atoms with Crippen LogP contribution in [-0.2, 0) is 16.1 Å². The highest BCUT2D eigenvalue weighted by atomic mass is 32.2. The van der Waals surface area contributed by atoms with E-state index >= 15 is 0 Å². The highest BCUT2D eigenvalue weighted by Crippen LogP contribution is 2.36. The second kappa shape index (κ2) is 7.01. The molecular formula is C19H16FNO2S. The second-order valence-corrected chi connectivity index (χ2v) is 6.60. The molecule has 1 aliphatic heterocycles. The molecule has 0 unspecified atom stereocenters. The summed E-state index contributed by atoms with van der Waals surface area (Å²) >= 11 is 1.35. The summed E-state index contributed by atoms with van der Waals surface area (Å²) < 4.78 is 13.2. The summed E-state index contributed by atoms with van der Waals surface area (Å²) in [7, 11) is 0. The Labute approximate surface area is 144 Å². The van der Waals surface area contributed by atoms with Gasteiger partial charge in [0.2, 0.25) is 0 Å². The molecule has 1 aliphatic rings. The van der Waals surface area contributed by atoms with Gasteiger partial charge in [-0.15, -0.1) is 11.8 Å². The fraction of sp³-hybridized carbons (Fsp3) is 0.158. The molecule has 2 aromatic rings. The SMILES string of the molecule is CCSC1=C(c2ccc(F)cc2)C(=O)N(Cc2ccccc2)C1=O. The molecule has 0 bridgehead atoms. The van der Waals surface area contributed by atoms with E-state index in [-0.39, 0.29) is 24.2 Å². The van der Waals surface area contributed by atoms with Crippen LogP contribution in [0.2, 0.25) is 0 Å². The highest BCUT2D eigenvalue weighted by molar-refractivity contribution is 8.04. The van der Waals surface area contributed by atoms with Gasteiger partial charge in [-0.2, -0.15) is 0 Å². The maximum atomic E-state index is 13.2. The molecule has 0 radical (unpaired) electrons. The molecule has 2 amide bonds. The lowest BCUT2D eigenvalue weighted by Crippen LogP contribution is -2.30. The smallest absolute Gasteiger partial charge is 0.268 e. The minimum Gasteiger partial charge on any atom is -0.269 e. The standard InChI is InChI=1S/C19H16FNO2S/c1-2-24-17-16(14-8-10-15(20)11-9-14)18(22)21(19(17)23)12-13-6-4-3-5-7-13/h3-11H,2,12H2,1H3. The minimum absolute atomic E-state index is 0.233. The van der Waals surface area contributed by atoms with Crippen molar-refractivity contribution in [3.05, 3.63) is 76.4 Å². The largest absolute Gasteiger partial charge is 0.269 e. The Bertz CT molecular complexity index is 800. The molecular weight excluding hydrogens is 325 g/mol. The topological polar surface area (TPSA) is 37.4 Å². The van der Waals surface area contributed by atoms with Gasteiger partial charge in [0.1, 0.15) is 5.82 Å². The first kappa shape index (κ1) is 16.5. The van der Waals surface area contributed by atoms with E-state index in [2.05, 4.69) is 0 Å². The summed E-state index contributed by atoms with van der Waals surface area (Å²) in [6.07, 6.45) is 0. The van der Waals surface area contributed by atoms with E-state index in [1.807, 2.05) is 37.3 Å². The van der Waals surface area contributed by atoms with Crippen molar-refractivity contribution in [3.8, 4) is 0 Å². The van der Waals surface area contributed by atoms with Crippen LogP contribution in [0.4, 0.5) is 4.39 Å². The molecule has 0 aromatic heterocycles. The lowest BCUT2D eigenvalue weighted by Gasteiger charge is -2.15. The van der Waals surface area contributed by atoms with Gasteiger partial charge in [-0.25, -0.2) is 4.39 Å². The third-order valence-electron chi connectivity index (χ3n) is 3.73. The molecule has 3 rings (SSSR count). The van der Waals surface area contributed by atoms with Gasteiger partial charge >= 0.3 is 0 Å². The van der Waals surface area contributed by atoms with Crippen LogP contribution in [0.15, 0.2) is 59.5 Å². The quantitative estimate of drug-likeness (QED) is 0.775. The van der Waals surface area contributed by atoms with Gasteiger partial charge in [-0.1, -0.05) is 49.4 Å². The molecule has 0 saturated carbocycles. The van der Waals surface area contributed by atoms with E-state index in [1.54, 1.807) is 0 Å². The van der Waals surface area contributed by atoms with Gasteiger partial charge in [-0.05, 0) is 29.0 Å². The fourth-order valence-electron chi connectivity index (χ4n) is 2.61. The van der Waals surface area contributed by atoms with Crippen molar-refractivity contribution in [3.63, 3.8) is 0 Å². The molecule has 122 valence electrons. The average Bonchev–Trinajstić information content (AvgIpc) is 2.82. The molecule has 2 aromatic carbocycles. The van der Waals surface area contributed by atoms with Crippen molar-refractivity contribution < 1.29 is 14.0 Å². The first-order valence-electron chi connectivity index (χ1n) is 7.65. The van der Waals surface area contributed by atoms with Crippen LogP contribution in [0.1, 0.15) is 18.1 Å². The van der Waals surface area contributed by atoms with Gasteiger partial charge in [-0.3, -0.25) is 14.5 Å². The van der Waals surface area contributed by atoms with E-state index in [0.29, 0.717) is 21.8 Å². The zero-order chi connectivity index (χ0) is 17.1. The van der Waals surface area contributed by atoms with Crippen molar-refractivity contribution in [2.45, 2.75) is 13.5 Å². The van der Waals surface area contributed by atoms with E-state index < -0.39 is 0 Å². The first-order valence-corrected chi connectivity index (χ1v) is 8.63. The number of carbonyl (C=O) groups excluding carboxylic acids is 2. The molecule has 0 spiro atoms. The van der Waals surface area contributed by atoms with Gasteiger partial charge in [0.25, 0.3) is 11.8 Å². The zero-order valence-corrected chi connectivity index (χ0v) is 14.0. The molecule has 0 saturated heterocycles. The maximum Gasteiger partial charge on any atom is 0.268 e. The first-order chi connectivity index (χ1) is 11.6. The molecule has 5 heteroatoms. The summed E-state index contributed by atoms with van der Waals surface area (Å²) in [5.74, 6) is -0.304. The summed E-state index contributed by atoms with van der Waals surface area (Å²) in [6.45, 7) is 2.16. The Balaban J connectivity index is 1.97. The predicted molar refractivity (Wildman–Crippen MR) is 93.5 cm³/mol. The van der Waals surface area contributed by atoms with Crippen molar-refractivity contribution in [2.24, 2.45) is 0 Å². The Morgan fingerprint density at radius 3 is 2.25 bits per heavy atom. The fourth-order valence-corrected chi connectivity index (χ4v) is 3.48. The summed E-state index contributed by atoms with van der Waals surface area (Å²) in [6, 6.07) is 15.1. The summed E-state index contributed by atoms with van der Waals surface area (Å²) in [5.41, 5.74) is 1.82. The Morgan fingerprint density at radius 1 is 0.958 bits per heavy atom. The van der Waals surface area contributed by atoms with Crippen LogP contribution in [0, 0.1) is 5.82 Å². The Hall–Kier alpha value is -2.40. The molecule has 0 N–H and O–H groups in total. The van der Waals surface area contributed by atoms with Crippen molar-refractivity contribution in [1.82, 2.24) is 4.90 Å². The zero-order valence-electron chi connectivity index (χ0n) is 13.2. The normalized spacial score (nSPS) is 14.7. The van der Waals surface area contributed by atoms with Gasteiger partial charge in [0.05, 0.1) is 17.0 Å². The van der Waals surface area contributed by atoms with Gasteiger partial charge in [0.15, 0.2) is 0 Å². The number of benzene rings is 2. The third-order valence-corrected chi connectivity index (χ3v) is 4.69. The van der Waals surface area contributed by atoms with Crippen LogP contribution >= 0.6 is 11.8 Å². The van der Waals surface area contributed by atoms with Crippen molar-refractivity contribution in [1.29, 1.82) is 0 Å². The lowest BCUT2D eigenvalue weighted by molar-refractivity contribution is -0.137. The molecule has 24 heavy (non-hydrogen) atoms. The van der Waals surface area contributed by atoms with Crippen LogP contribution in [-0.4, -0.2) is 22.5 Å². The van der Waals surface area contributed by atoms with Crippen molar-refractivity contribution in [2.75, 3.05) is 5.75 Å². The lowest BCUT2D eigenvalue weighted by atomic mass is 10.1. The number of hydrogen-bond donors (Lipinski definition) is 0. The predicted octanol–water partition coefficient (Wildman–Crippen LogP) is 3.86. The highest BCUT2D eigenvalue weighted by Gasteiger charge is 2.38. The van der Waals surface area contributed by atoms with E-state index in [1.165, 1.54) is 40.9 Å². The van der Waals surface area contributed by atoms with E-state index in [0.717, 1.165) is 5.56 Å². The number of halogens is 1. The number of thioether (sulfide) groups is 1. The van der Waals surface area contributed by atoms with Gasteiger partial charge < -0.3 is 0 Å². The van der Waals surface area contributed by atoms with Gasteiger partial charge in [0, 0.05) is 0 Å². The van der Waals surface area contributed by atoms with Crippen LogP contribution in [0.3, 0.4) is 0 Å². The Morgan fingerprint density at radius 2 is 1.62 bits per heavy atom. The van der Waals surface area contributed by atoms with E-state index in [9.17, 15) is 14.0 Å². The number of hydrogen-bond acceptors (Lipinski definition) is 3. The monoisotopic (exact) mass is 341 g/mol. The molecule has 1 heterocycles. The van der Waals surface area contributed by atoms with Crippen LogP contribution < -0.4 is 0 Å². The van der Waals surface area contributed by atoms with Crippen LogP contribution in [0.25, 0.3) is 5.57 Å². The Kier molecular flexibility index (Phi) is 4.81. The second-order valence-electron chi connectivity index (χ2n) is 5.33.